The summed E-state index contributed by atoms with van der Waals surface area (Å²) in [6.07, 6.45) is 3.52. The Bertz CT molecular complexity index is 400. The molecular formula is C15H27N3OS. The van der Waals surface area contributed by atoms with Gasteiger partial charge < -0.3 is 15.0 Å². The lowest BCUT2D eigenvalue weighted by Crippen LogP contribution is -2.52. The van der Waals surface area contributed by atoms with Crippen molar-refractivity contribution in [1.29, 1.82) is 0 Å². The molecular weight excluding hydrogens is 270 g/mol. The second kappa shape index (κ2) is 7.50. The minimum absolute atomic E-state index is 0.0572. The lowest BCUT2D eigenvalue weighted by atomic mass is 9.87. The zero-order valence-corrected chi connectivity index (χ0v) is 13.8. The second-order valence-electron chi connectivity index (χ2n) is 5.64. The highest BCUT2D eigenvalue weighted by Crippen LogP contribution is 2.34. The van der Waals surface area contributed by atoms with Gasteiger partial charge in [0.1, 0.15) is 5.01 Å². The van der Waals surface area contributed by atoms with Gasteiger partial charge in [0.05, 0.1) is 12.1 Å². The van der Waals surface area contributed by atoms with Crippen LogP contribution in [0.25, 0.3) is 0 Å². The summed E-state index contributed by atoms with van der Waals surface area (Å²) in [5.74, 6) is 0. The van der Waals surface area contributed by atoms with E-state index in [4.69, 9.17) is 9.72 Å². The van der Waals surface area contributed by atoms with Crippen molar-refractivity contribution in [2.45, 2.75) is 38.6 Å². The molecule has 20 heavy (non-hydrogen) atoms. The first-order valence-electron chi connectivity index (χ1n) is 7.59. The van der Waals surface area contributed by atoms with Crippen molar-refractivity contribution in [2.24, 2.45) is 0 Å². The normalized spacial score (nSPS) is 19.4. The van der Waals surface area contributed by atoms with Crippen LogP contribution in [0.5, 0.6) is 0 Å². The van der Waals surface area contributed by atoms with Crippen molar-refractivity contribution in [3.05, 3.63) is 16.1 Å². The molecule has 0 bridgehead atoms. The Labute approximate surface area is 126 Å². The third-order valence-corrected chi connectivity index (χ3v) is 5.21. The number of nitrogens with one attached hydrogen (secondary N) is 1. The van der Waals surface area contributed by atoms with Gasteiger partial charge in [0.2, 0.25) is 0 Å². The van der Waals surface area contributed by atoms with Gasteiger partial charge in [-0.25, -0.2) is 4.98 Å². The van der Waals surface area contributed by atoms with Crippen LogP contribution in [0.3, 0.4) is 0 Å². The Morgan fingerprint density at radius 1 is 1.45 bits per heavy atom. The van der Waals surface area contributed by atoms with Crippen molar-refractivity contribution >= 4 is 11.3 Å². The summed E-state index contributed by atoms with van der Waals surface area (Å²) in [4.78, 5) is 7.32. The van der Waals surface area contributed by atoms with Gasteiger partial charge in [0.25, 0.3) is 0 Å². The SMILES string of the molecule is CCCN1CCC(NCCOC)(c2nc(C)cs2)CC1. The van der Waals surface area contributed by atoms with Crippen LogP contribution < -0.4 is 5.32 Å². The number of hydrogen-bond donors (Lipinski definition) is 1. The van der Waals surface area contributed by atoms with Gasteiger partial charge in [-0.2, -0.15) is 0 Å². The molecule has 1 saturated heterocycles. The van der Waals surface area contributed by atoms with E-state index in [1.165, 1.54) is 18.0 Å². The van der Waals surface area contributed by atoms with Gasteiger partial charge in [-0.15, -0.1) is 11.3 Å². The van der Waals surface area contributed by atoms with Crippen molar-refractivity contribution < 1.29 is 4.74 Å². The van der Waals surface area contributed by atoms with Crippen LogP contribution in [0.4, 0.5) is 0 Å². The number of thiazole rings is 1. The largest absolute Gasteiger partial charge is 0.383 e. The molecule has 1 aromatic heterocycles. The van der Waals surface area contributed by atoms with Crippen LogP contribution in [-0.4, -0.2) is 49.8 Å². The van der Waals surface area contributed by atoms with E-state index in [-0.39, 0.29) is 5.54 Å². The molecule has 1 N–H and O–H groups in total. The standard InChI is InChI=1S/C15H27N3OS/c1-4-8-18-9-5-15(6-10-18,16-7-11-19-3)14-17-13(2)12-20-14/h12,16H,4-11H2,1-3H3. The number of likely N-dealkylation sites (tertiary alicyclic amines) is 1. The van der Waals surface area contributed by atoms with Gasteiger partial charge >= 0.3 is 0 Å². The Morgan fingerprint density at radius 2 is 2.20 bits per heavy atom. The fraction of sp³-hybridized carbons (Fsp3) is 0.800. The minimum atomic E-state index is 0.0572. The average Bonchev–Trinajstić information content (AvgIpc) is 2.89. The van der Waals surface area contributed by atoms with E-state index in [1.807, 2.05) is 0 Å². The smallest absolute Gasteiger partial charge is 0.113 e. The highest BCUT2D eigenvalue weighted by Gasteiger charge is 2.37. The monoisotopic (exact) mass is 297 g/mol. The van der Waals surface area contributed by atoms with Crippen molar-refractivity contribution in [1.82, 2.24) is 15.2 Å². The van der Waals surface area contributed by atoms with Crippen molar-refractivity contribution in [2.75, 3.05) is 39.9 Å². The summed E-state index contributed by atoms with van der Waals surface area (Å²) < 4.78 is 5.19. The van der Waals surface area contributed by atoms with Crippen LogP contribution in [-0.2, 0) is 10.3 Å². The number of rotatable bonds is 7. The molecule has 1 aliphatic heterocycles. The molecule has 0 aliphatic carbocycles. The maximum atomic E-state index is 5.19. The molecule has 114 valence electrons. The molecule has 2 rings (SSSR count). The molecule has 2 heterocycles. The first-order chi connectivity index (χ1) is 9.70. The summed E-state index contributed by atoms with van der Waals surface area (Å²) in [5, 5.41) is 7.14. The number of nitrogens with zero attached hydrogens (tertiary/aromatic N) is 2. The predicted octanol–water partition coefficient (Wildman–Crippen LogP) is 2.39. The van der Waals surface area contributed by atoms with Crippen molar-refractivity contribution in [3.63, 3.8) is 0 Å². The van der Waals surface area contributed by atoms with Gasteiger partial charge in [-0.05, 0) is 32.7 Å². The highest BCUT2D eigenvalue weighted by molar-refractivity contribution is 7.09. The van der Waals surface area contributed by atoms with Crippen molar-refractivity contribution in [3.8, 4) is 0 Å². The number of aromatic nitrogens is 1. The summed E-state index contributed by atoms with van der Waals surface area (Å²) in [6.45, 7) is 9.51. The van der Waals surface area contributed by atoms with E-state index in [0.29, 0.717) is 0 Å². The maximum absolute atomic E-state index is 5.19. The Hall–Kier alpha value is -0.490. The minimum Gasteiger partial charge on any atom is -0.383 e. The van der Waals surface area contributed by atoms with Gasteiger partial charge in [-0.3, -0.25) is 0 Å². The molecule has 1 aliphatic rings. The Balaban J connectivity index is 2.06. The molecule has 0 unspecified atom stereocenters. The topological polar surface area (TPSA) is 37.4 Å². The Morgan fingerprint density at radius 3 is 2.75 bits per heavy atom. The van der Waals surface area contributed by atoms with E-state index < -0.39 is 0 Å². The van der Waals surface area contributed by atoms with Crippen LogP contribution in [0.1, 0.15) is 36.9 Å². The quantitative estimate of drug-likeness (QED) is 0.784. The first kappa shape index (κ1) is 15.9. The first-order valence-corrected chi connectivity index (χ1v) is 8.47. The van der Waals surface area contributed by atoms with E-state index in [1.54, 1.807) is 18.4 Å². The molecule has 1 aromatic rings. The fourth-order valence-corrected chi connectivity index (χ4v) is 3.94. The third kappa shape index (κ3) is 3.79. The predicted molar refractivity (Wildman–Crippen MR) is 84.4 cm³/mol. The summed E-state index contributed by atoms with van der Waals surface area (Å²) in [5.41, 5.74) is 1.19. The van der Waals surface area contributed by atoms with Gasteiger partial charge in [-0.1, -0.05) is 6.92 Å². The molecule has 4 nitrogen and oxygen atoms in total. The van der Waals surface area contributed by atoms with Gasteiger partial charge in [0, 0.05) is 37.8 Å². The fourth-order valence-electron chi connectivity index (χ4n) is 2.91. The van der Waals surface area contributed by atoms with Crippen LogP contribution in [0.15, 0.2) is 5.38 Å². The summed E-state index contributed by atoms with van der Waals surface area (Å²) >= 11 is 1.79. The number of ether oxygens (including phenoxy) is 1. The molecule has 0 amide bonds. The number of hydrogen-bond acceptors (Lipinski definition) is 5. The maximum Gasteiger partial charge on any atom is 0.113 e. The molecule has 0 atom stereocenters. The summed E-state index contributed by atoms with van der Waals surface area (Å²) in [6, 6.07) is 0. The van der Waals surface area contributed by atoms with Crippen LogP contribution in [0.2, 0.25) is 0 Å². The molecule has 0 saturated carbocycles. The number of piperidine rings is 1. The third-order valence-electron chi connectivity index (χ3n) is 4.05. The molecule has 0 radical (unpaired) electrons. The van der Waals surface area contributed by atoms with E-state index in [2.05, 4.69) is 29.4 Å². The zero-order chi connectivity index (χ0) is 14.4. The highest BCUT2D eigenvalue weighted by atomic mass is 32.1. The second-order valence-corrected chi connectivity index (χ2v) is 6.50. The molecule has 1 fully saturated rings. The molecule has 5 heteroatoms. The average molecular weight is 297 g/mol. The van der Waals surface area contributed by atoms with E-state index >= 15 is 0 Å². The lowest BCUT2D eigenvalue weighted by Gasteiger charge is -2.41. The molecule has 0 spiro atoms. The number of aryl methyl sites for hydroxylation is 1. The number of methoxy groups -OCH3 is 1. The summed E-state index contributed by atoms with van der Waals surface area (Å²) in [7, 11) is 1.76. The van der Waals surface area contributed by atoms with E-state index in [9.17, 15) is 0 Å². The van der Waals surface area contributed by atoms with Gasteiger partial charge in [0.15, 0.2) is 0 Å². The van der Waals surface area contributed by atoms with Crippen LogP contribution in [0, 0.1) is 6.92 Å². The van der Waals surface area contributed by atoms with Crippen LogP contribution >= 0.6 is 11.3 Å². The zero-order valence-electron chi connectivity index (χ0n) is 12.9. The Kier molecular flexibility index (Phi) is 5.96. The van der Waals surface area contributed by atoms with E-state index in [0.717, 1.165) is 44.8 Å². The lowest BCUT2D eigenvalue weighted by molar-refractivity contribution is 0.119. The molecule has 0 aromatic carbocycles.